The molecule has 1 saturated heterocycles. The number of likely N-dealkylation sites (tertiary alicyclic amines) is 1. The Balaban J connectivity index is 1.35. The molecule has 0 bridgehead atoms. The van der Waals surface area contributed by atoms with Crippen molar-refractivity contribution in [3.05, 3.63) is 24.2 Å². The van der Waals surface area contributed by atoms with Crippen molar-refractivity contribution < 1.29 is 14.0 Å². The van der Waals surface area contributed by atoms with E-state index in [0.717, 1.165) is 51.1 Å². The Morgan fingerprint density at radius 3 is 2.79 bits per heavy atom. The molecule has 6 nitrogen and oxygen atoms in total. The van der Waals surface area contributed by atoms with Crippen LogP contribution in [0.4, 0.5) is 0 Å². The molecule has 6 heteroatoms. The van der Waals surface area contributed by atoms with Gasteiger partial charge in [0.2, 0.25) is 11.8 Å². The number of hydrogen-bond acceptors (Lipinski definition) is 4. The number of rotatable bonds is 7. The van der Waals surface area contributed by atoms with Crippen molar-refractivity contribution in [1.29, 1.82) is 0 Å². The summed E-state index contributed by atoms with van der Waals surface area (Å²) >= 11 is 0. The van der Waals surface area contributed by atoms with Gasteiger partial charge in [-0.1, -0.05) is 6.92 Å². The number of amides is 2. The first-order chi connectivity index (χ1) is 11.7. The number of nitrogens with zero attached hydrogens (tertiary/aromatic N) is 1. The van der Waals surface area contributed by atoms with Crippen molar-refractivity contribution in [2.45, 2.75) is 44.6 Å². The van der Waals surface area contributed by atoms with Gasteiger partial charge < -0.3 is 15.1 Å². The van der Waals surface area contributed by atoms with Crippen molar-refractivity contribution in [2.24, 2.45) is 5.92 Å². The molecular formula is C18H27N3O3. The van der Waals surface area contributed by atoms with E-state index in [1.54, 1.807) is 6.26 Å². The van der Waals surface area contributed by atoms with Crippen LogP contribution >= 0.6 is 0 Å². The maximum Gasteiger partial charge on any atom is 0.234 e. The Labute approximate surface area is 143 Å². The van der Waals surface area contributed by atoms with E-state index in [4.69, 9.17) is 4.42 Å². The van der Waals surface area contributed by atoms with Gasteiger partial charge in [0.1, 0.15) is 5.76 Å². The molecule has 2 N–H and O–H groups in total. The van der Waals surface area contributed by atoms with Crippen LogP contribution in [0.5, 0.6) is 0 Å². The summed E-state index contributed by atoms with van der Waals surface area (Å²) in [4.78, 5) is 26.2. The Hall–Kier alpha value is -1.82. The van der Waals surface area contributed by atoms with Gasteiger partial charge in [-0.2, -0.15) is 0 Å². The molecule has 1 aliphatic carbocycles. The van der Waals surface area contributed by atoms with Gasteiger partial charge in [-0.05, 0) is 37.8 Å². The third-order valence-corrected chi connectivity index (χ3v) is 4.91. The van der Waals surface area contributed by atoms with Crippen molar-refractivity contribution in [1.82, 2.24) is 15.5 Å². The smallest absolute Gasteiger partial charge is 0.234 e. The molecule has 24 heavy (non-hydrogen) atoms. The largest absolute Gasteiger partial charge is 0.469 e. The van der Waals surface area contributed by atoms with E-state index in [1.807, 2.05) is 19.1 Å². The highest BCUT2D eigenvalue weighted by atomic mass is 16.3. The minimum Gasteiger partial charge on any atom is -0.469 e. The zero-order chi connectivity index (χ0) is 16.9. The number of hydrogen-bond donors (Lipinski definition) is 2. The molecule has 2 unspecified atom stereocenters. The standard InChI is InChI=1S/C18H27N3O3/c1-2-7-19-17(22)12-21-8-5-13(6-9-21)20-18(23)15-11-14(15)16-4-3-10-24-16/h3-4,10,13-15H,2,5-9,11-12H2,1H3,(H,19,22)(H,20,23). The molecule has 1 aromatic heterocycles. The summed E-state index contributed by atoms with van der Waals surface area (Å²) in [7, 11) is 0. The predicted octanol–water partition coefficient (Wildman–Crippen LogP) is 1.49. The second-order valence-electron chi connectivity index (χ2n) is 6.87. The van der Waals surface area contributed by atoms with Crippen LogP contribution in [-0.4, -0.2) is 48.9 Å². The van der Waals surface area contributed by atoms with E-state index in [9.17, 15) is 9.59 Å². The summed E-state index contributed by atoms with van der Waals surface area (Å²) in [5.41, 5.74) is 0. The normalized spacial score (nSPS) is 24.5. The number of carbonyl (C=O) groups excluding carboxylic acids is 2. The van der Waals surface area contributed by atoms with Gasteiger partial charge in [0.25, 0.3) is 0 Å². The fourth-order valence-electron chi connectivity index (χ4n) is 3.37. The summed E-state index contributed by atoms with van der Waals surface area (Å²) in [6.07, 6.45) is 5.32. The first-order valence-corrected chi connectivity index (χ1v) is 9.00. The van der Waals surface area contributed by atoms with E-state index in [1.165, 1.54) is 0 Å². The fourth-order valence-corrected chi connectivity index (χ4v) is 3.37. The lowest BCUT2D eigenvalue weighted by Gasteiger charge is -2.31. The van der Waals surface area contributed by atoms with Gasteiger partial charge in [-0.15, -0.1) is 0 Å². The predicted molar refractivity (Wildman–Crippen MR) is 90.5 cm³/mol. The van der Waals surface area contributed by atoms with Crippen molar-refractivity contribution in [3.8, 4) is 0 Å². The molecule has 1 aromatic rings. The van der Waals surface area contributed by atoms with Gasteiger partial charge in [-0.3, -0.25) is 14.5 Å². The first kappa shape index (κ1) is 17.0. The minimum atomic E-state index is 0.0639. The summed E-state index contributed by atoms with van der Waals surface area (Å²) < 4.78 is 5.38. The maximum absolute atomic E-state index is 12.3. The number of piperidine rings is 1. The molecule has 1 aliphatic heterocycles. The van der Waals surface area contributed by atoms with Crippen LogP contribution in [0.1, 0.15) is 44.3 Å². The molecule has 132 valence electrons. The van der Waals surface area contributed by atoms with Crippen molar-refractivity contribution in [2.75, 3.05) is 26.2 Å². The first-order valence-electron chi connectivity index (χ1n) is 9.00. The van der Waals surface area contributed by atoms with E-state index in [-0.39, 0.29) is 29.7 Å². The zero-order valence-electron chi connectivity index (χ0n) is 14.3. The zero-order valence-corrected chi connectivity index (χ0v) is 14.3. The summed E-state index contributed by atoms with van der Waals surface area (Å²) in [6, 6.07) is 4.04. The average Bonchev–Trinajstić information content (AvgIpc) is 3.20. The molecule has 0 radical (unpaired) electrons. The second kappa shape index (κ2) is 7.83. The second-order valence-corrected chi connectivity index (χ2v) is 6.87. The molecule has 0 aromatic carbocycles. The van der Waals surface area contributed by atoms with E-state index >= 15 is 0 Å². The lowest BCUT2D eigenvalue weighted by atomic mass is 10.0. The molecule has 2 aliphatic rings. The van der Waals surface area contributed by atoms with Gasteiger partial charge in [-0.25, -0.2) is 0 Å². The van der Waals surface area contributed by atoms with Crippen LogP contribution in [0.25, 0.3) is 0 Å². The fraction of sp³-hybridized carbons (Fsp3) is 0.667. The Bertz CT molecular complexity index is 550. The van der Waals surface area contributed by atoms with Gasteiger partial charge in [0, 0.05) is 37.5 Å². The lowest BCUT2D eigenvalue weighted by molar-refractivity contribution is -0.125. The molecule has 1 saturated carbocycles. The van der Waals surface area contributed by atoms with E-state index in [2.05, 4.69) is 15.5 Å². The Morgan fingerprint density at radius 2 is 2.12 bits per heavy atom. The Kier molecular flexibility index (Phi) is 5.56. The summed E-state index contributed by atoms with van der Waals surface area (Å²) in [5, 5.41) is 6.08. The lowest BCUT2D eigenvalue weighted by Crippen LogP contribution is -2.47. The van der Waals surface area contributed by atoms with Crippen LogP contribution in [0, 0.1) is 5.92 Å². The molecule has 2 amide bonds. The molecule has 2 heterocycles. The monoisotopic (exact) mass is 333 g/mol. The molecule has 2 fully saturated rings. The van der Waals surface area contributed by atoms with Crippen molar-refractivity contribution >= 4 is 11.8 Å². The van der Waals surface area contributed by atoms with Crippen LogP contribution in [0.15, 0.2) is 22.8 Å². The molecule has 0 spiro atoms. The highest BCUT2D eigenvalue weighted by molar-refractivity contribution is 5.83. The van der Waals surface area contributed by atoms with Gasteiger partial charge in [0.05, 0.1) is 12.8 Å². The highest BCUT2D eigenvalue weighted by Gasteiger charge is 2.46. The van der Waals surface area contributed by atoms with E-state index in [0.29, 0.717) is 6.54 Å². The van der Waals surface area contributed by atoms with E-state index < -0.39 is 0 Å². The molecule has 3 rings (SSSR count). The third kappa shape index (κ3) is 4.38. The van der Waals surface area contributed by atoms with Gasteiger partial charge >= 0.3 is 0 Å². The summed E-state index contributed by atoms with van der Waals surface area (Å²) in [6.45, 7) is 4.96. The quantitative estimate of drug-likeness (QED) is 0.793. The molecular weight excluding hydrogens is 306 g/mol. The SMILES string of the molecule is CCCNC(=O)CN1CCC(NC(=O)C2CC2c2ccco2)CC1. The van der Waals surface area contributed by atoms with Crippen LogP contribution in [0.2, 0.25) is 0 Å². The summed E-state index contributed by atoms with van der Waals surface area (Å²) in [5.74, 6) is 1.48. The Morgan fingerprint density at radius 1 is 1.33 bits per heavy atom. The van der Waals surface area contributed by atoms with Crippen LogP contribution < -0.4 is 10.6 Å². The average molecular weight is 333 g/mol. The number of furan rings is 1. The van der Waals surface area contributed by atoms with Crippen molar-refractivity contribution in [3.63, 3.8) is 0 Å². The topological polar surface area (TPSA) is 74.6 Å². The molecule has 2 atom stereocenters. The van der Waals surface area contributed by atoms with Gasteiger partial charge in [0.15, 0.2) is 0 Å². The number of carbonyl (C=O) groups is 2. The minimum absolute atomic E-state index is 0.0639. The van der Waals surface area contributed by atoms with Crippen LogP contribution in [0.3, 0.4) is 0 Å². The third-order valence-electron chi connectivity index (χ3n) is 4.91. The maximum atomic E-state index is 12.3. The number of nitrogens with one attached hydrogen (secondary N) is 2. The highest BCUT2D eigenvalue weighted by Crippen LogP contribution is 2.47. The van der Waals surface area contributed by atoms with Crippen LogP contribution in [-0.2, 0) is 9.59 Å².